The van der Waals surface area contributed by atoms with Crippen LogP contribution in [-0.4, -0.2) is 74.0 Å². The zero-order valence-corrected chi connectivity index (χ0v) is 17.3. The zero-order valence-electron chi connectivity index (χ0n) is 15.7. The van der Waals surface area contributed by atoms with Gasteiger partial charge in [0.15, 0.2) is 11.5 Å². The molecule has 1 aromatic carbocycles. The Hall–Kier alpha value is -2.10. The second kappa shape index (κ2) is 9.72. The summed E-state index contributed by atoms with van der Waals surface area (Å²) < 4.78 is 15.9. The van der Waals surface area contributed by atoms with Gasteiger partial charge in [-0.1, -0.05) is 30.0 Å². The molecule has 9 heteroatoms. The van der Waals surface area contributed by atoms with Crippen molar-refractivity contribution in [2.45, 2.75) is 0 Å². The monoisotopic (exact) mass is 410 g/mol. The van der Waals surface area contributed by atoms with Gasteiger partial charge >= 0.3 is 5.97 Å². The Kier molecular flexibility index (Phi) is 7.64. The highest BCUT2D eigenvalue weighted by atomic mass is 32.2. The number of carbonyl (C=O) groups is 2. The van der Waals surface area contributed by atoms with Crippen molar-refractivity contribution in [3.8, 4) is 11.5 Å². The van der Waals surface area contributed by atoms with Crippen LogP contribution in [-0.2, 0) is 14.3 Å². The topological polar surface area (TPSA) is 68.3 Å². The summed E-state index contributed by atoms with van der Waals surface area (Å²) in [4.78, 5) is 28.1. The molecule has 1 fully saturated rings. The Morgan fingerprint density at radius 2 is 1.96 bits per heavy atom. The predicted molar refractivity (Wildman–Crippen MR) is 109 cm³/mol. The maximum Gasteiger partial charge on any atom is 0.326 e. The first kappa shape index (κ1) is 21.2. The molecule has 1 heterocycles. The molecule has 0 aliphatic carbocycles. The normalized spacial score (nSPS) is 15.6. The third-order valence-electron chi connectivity index (χ3n) is 3.67. The average molecular weight is 411 g/mol. The van der Waals surface area contributed by atoms with Crippen LogP contribution in [0, 0.1) is 0 Å². The van der Waals surface area contributed by atoms with Gasteiger partial charge in [-0.15, -0.1) is 0 Å². The number of ether oxygens (including phenoxy) is 3. The number of thioether (sulfide) groups is 1. The van der Waals surface area contributed by atoms with Gasteiger partial charge in [-0.25, -0.2) is 0 Å². The third-order valence-corrected chi connectivity index (χ3v) is 5.05. The van der Waals surface area contributed by atoms with E-state index in [4.69, 9.17) is 26.4 Å². The van der Waals surface area contributed by atoms with E-state index in [1.54, 1.807) is 32.4 Å². The predicted octanol–water partition coefficient (Wildman–Crippen LogP) is 2.01. The summed E-state index contributed by atoms with van der Waals surface area (Å²) in [5.41, 5.74) is 0.765. The van der Waals surface area contributed by atoms with Crippen LogP contribution < -0.4 is 9.47 Å². The smallest absolute Gasteiger partial charge is 0.326 e. The van der Waals surface area contributed by atoms with Gasteiger partial charge < -0.3 is 19.1 Å². The molecule has 0 bridgehead atoms. The van der Waals surface area contributed by atoms with Gasteiger partial charge in [0.25, 0.3) is 5.91 Å². The van der Waals surface area contributed by atoms with Gasteiger partial charge in [0.1, 0.15) is 17.5 Å². The van der Waals surface area contributed by atoms with E-state index in [1.165, 1.54) is 4.90 Å². The van der Waals surface area contributed by atoms with E-state index in [2.05, 4.69) is 0 Å². The summed E-state index contributed by atoms with van der Waals surface area (Å²) in [6.45, 7) is 0.687. The number of rotatable bonds is 8. The summed E-state index contributed by atoms with van der Waals surface area (Å²) >= 11 is 6.39. The van der Waals surface area contributed by atoms with Gasteiger partial charge in [0, 0.05) is 6.54 Å². The van der Waals surface area contributed by atoms with E-state index in [0.717, 1.165) is 17.3 Å². The zero-order chi connectivity index (χ0) is 20.0. The van der Waals surface area contributed by atoms with Crippen molar-refractivity contribution in [1.29, 1.82) is 0 Å². The van der Waals surface area contributed by atoms with E-state index >= 15 is 0 Å². The molecule has 0 atom stereocenters. The highest BCUT2D eigenvalue weighted by molar-refractivity contribution is 8.26. The SMILES string of the molecule is COc1ccc(/C=C2\SC(=S)N(CC(=O)OCCN(C)C)C2=O)cc1OC. The Labute approximate surface area is 168 Å². The lowest BCUT2D eigenvalue weighted by atomic mass is 10.2. The number of hydrogen-bond acceptors (Lipinski definition) is 8. The molecule has 27 heavy (non-hydrogen) atoms. The number of likely N-dealkylation sites (N-methyl/N-ethyl adjacent to an activating group) is 1. The molecule has 1 aromatic rings. The summed E-state index contributed by atoms with van der Waals surface area (Å²) in [5, 5.41) is 0. The fourth-order valence-electron chi connectivity index (χ4n) is 2.25. The van der Waals surface area contributed by atoms with E-state index in [0.29, 0.717) is 27.3 Å². The van der Waals surface area contributed by atoms with Crippen molar-refractivity contribution in [3.05, 3.63) is 28.7 Å². The lowest BCUT2D eigenvalue weighted by molar-refractivity contribution is -0.146. The standard InChI is InChI=1S/C18H22N2O5S2/c1-19(2)7-8-25-16(21)11-20-17(22)15(27-18(20)26)10-12-5-6-13(23-3)14(9-12)24-4/h5-6,9-10H,7-8,11H2,1-4H3/b15-10-. The maximum atomic E-state index is 12.6. The van der Waals surface area contributed by atoms with Crippen LogP contribution in [0.5, 0.6) is 11.5 Å². The molecule has 0 radical (unpaired) electrons. The number of nitrogens with zero attached hydrogens (tertiary/aromatic N) is 2. The second-order valence-corrected chi connectivity index (χ2v) is 7.58. The molecule has 146 valence electrons. The Morgan fingerprint density at radius 3 is 2.59 bits per heavy atom. The molecule has 1 aliphatic rings. The molecule has 7 nitrogen and oxygen atoms in total. The van der Waals surface area contributed by atoms with Crippen molar-refractivity contribution in [2.75, 3.05) is 48.0 Å². The van der Waals surface area contributed by atoms with Crippen LogP contribution in [0.15, 0.2) is 23.1 Å². The molecule has 0 saturated carbocycles. The summed E-state index contributed by atoms with van der Waals surface area (Å²) in [6, 6.07) is 5.33. The first-order chi connectivity index (χ1) is 12.8. The number of benzene rings is 1. The Balaban J connectivity index is 2.06. The average Bonchev–Trinajstić information content (AvgIpc) is 2.88. The first-order valence-electron chi connectivity index (χ1n) is 8.13. The molecule has 0 spiro atoms. The number of hydrogen-bond donors (Lipinski definition) is 0. The molecule has 2 rings (SSSR count). The second-order valence-electron chi connectivity index (χ2n) is 5.91. The minimum Gasteiger partial charge on any atom is -0.493 e. The van der Waals surface area contributed by atoms with Crippen LogP contribution in [0.2, 0.25) is 0 Å². The van der Waals surface area contributed by atoms with Crippen LogP contribution >= 0.6 is 24.0 Å². The van der Waals surface area contributed by atoms with Crippen LogP contribution in [0.25, 0.3) is 6.08 Å². The van der Waals surface area contributed by atoms with E-state index in [9.17, 15) is 9.59 Å². The summed E-state index contributed by atoms with van der Waals surface area (Å²) in [6.07, 6.45) is 1.71. The number of amides is 1. The first-order valence-corrected chi connectivity index (χ1v) is 9.36. The largest absolute Gasteiger partial charge is 0.493 e. The van der Waals surface area contributed by atoms with E-state index < -0.39 is 5.97 Å². The van der Waals surface area contributed by atoms with E-state index in [-0.39, 0.29) is 19.1 Å². The fourth-order valence-corrected chi connectivity index (χ4v) is 3.50. The van der Waals surface area contributed by atoms with Crippen molar-refractivity contribution >= 4 is 46.3 Å². The Bertz CT molecular complexity index is 764. The van der Waals surface area contributed by atoms with Gasteiger partial charge in [0.2, 0.25) is 0 Å². The van der Waals surface area contributed by atoms with Gasteiger partial charge in [-0.3, -0.25) is 14.5 Å². The van der Waals surface area contributed by atoms with Crippen molar-refractivity contribution < 1.29 is 23.8 Å². The highest BCUT2D eigenvalue weighted by Crippen LogP contribution is 2.34. The van der Waals surface area contributed by atoms with Crippen LogP contribution in [0.3, 0.4) is 0 Å². The molecular formula is C18H22N2O5S2. The molecule has 1 amide bonds. The third kappa shape index (κ3) is 5.69. The molecular weight excluding hydrogens is 388 g/mol. The summed E-state index contributed by atoms with van der Waals surface area (Å²) in [5.74, 6) is 0.360. The van der Waals surface area contributed by atoms with Crippen molar-refractivity contribution in [3.63, 3.8) is 0 Å². The lowest BCUT2D eigenvalue weighted by Gasteiger charge is -2.14. The minimum absolute atomic E-state index is 0.193. The highest BCUT2D eigenvalue weighted by Gasteiger charge is 2.33. The molecule has 1 saturated heterocycles. The van der Waals surface area contributed by atoms with Gasteiger partial charge in [-0.05, 0) is 37.9 Å². The van der Waals surface area contributed by atoms with Gasteiger partial charge in [0.05, 0.1) is 19.1 Å². The number of methoxy groups -OCH3 is 2. The number of carbonyl (C=O) groups excluding carboxylic acids is 2. The van der Waals surface area contributed by atoms with E-state index in [1.807, 2.05) is 25.1 Å². The van der Waals surface area contributed by atoms with Crippen molar-refractivity contribution in [1.82, 2.24) is 9.80 Å². The fraction of sp³-hybridized carbons (Fsp3) is 0.389. The van der Waals surface area contributed by atoms with Crippen LogP contribution in [0.4, 0.5) is 0 Å². The molecule has 1 aliphatic heterocycles. The minimum atomic E-state index is -0.486. The quantitative estimate of drug-likeness (QED) is 0.366. The molecule has 0 aromatic heterocycles. The van der Waals surface area contributed by atoms with Crippen molar-refractivity contribution in [2.24, 2.45) is 0 Å². The molecule has 0 N–H and O–H groups in total. The number of thiocarbonyl (C=S) groups is 1. The molecule has 0 unspecified atom stereocenters. The summed E-state index contributed by atoms with van der Waals surface area (Å²) in [7, 11) is 6.87. The van der Waals surface area contributed by atoms with Gasteiger partial charge in [-0.2, -0.15) is 0 Å². The maximum absolute atomic E-state index is 12.6. The van der Waals surface area contributed by atoms with Crippen LogP contribution in [0.1, 0.15) is 5.56 Å². The number of esters is 1. The Morgan fingerprint density at radius 1 is 1.26 bits per heavy atom. The lowest BCUT2D eigenvalue weighted by Crippen LogP contribution is -2.35.